The molecule has 23 heavy (non-hydrogen) atoms. The van der Waals surface area contributed by atoms with Crippen LogP contribution in [0.1, 0.15) is 32.3 Å². The Kier molecular flexibility index (Phi) is 5.74. The molecule has 1 aliphatic heterocycles. The van der Waals surface area contributed by atoms with Crippen molar-refractivity contribution in [3.63, 3.8) is 0 Å². The number of hydrogen-bond donors (Lipinski definition) is 3. The number of rotatable bonds is 5. The van der Waals surface area contributed by atoms with Gasteiger partial charge in [-0.2, -0.15) is 0 Å². The summed E-state index contributed by atoms with van der Waals surface area (Å²) >= 11 is 0. The fourth-order valence-corrected chi connectivity index (χ4v) is 2.31. The zero-order valence-corrected chi connectivity index (χ0v) is 13.7. The first kappa shape index (κ1) is 17.4. The van der Waals surface area contributed by atoms with Gasteiger partial charge in [-0.15, -0.1) is 0 Å². The van der Waals surface area contributed by atoms with Crippen LogP contribution in [0.2, 0.25) is 0 Å². The van der Waals surface area contributed by atoms with E-state index in [2.05, 4.69) is 10.6 Å². The average molecular weight is 319 g/mol. The van der Waals surface area contributed by atoms with Gasteiger partial charge in [0.1, 0.15) is 0 Å². The molecule has 0 spiro atoms. The van der Waals surface area contributed by atoms with Gasteiger partial charge in [0.15, 0.2) is 0 Å². The van der Waals surface area contributed by atoms with Gasteiger partial charge in [0.2, 0.25) is 11.8 Å². The third-order valence-electron chi connectivity index (χ3n) is 4.04. The lowest BCUT2D eigenvalue weighted by molar-refractivity contribution is -0.129. The summed E-state index contributed by atoms with van der Waals surface area (Å²) < 4.78 is 5.24. The predicted octanol–water partition coefficient (Wildman–Crippen LogP) is 1.41. The van der Waals surface area contributed by atoms with Crippen LogP contribution in [0.5, 0.6) is 0 Å². The van der Waals surface area contributed by atoms with Gasteiger partial charge in [0.05, 0.1) is 5.54 Å². The van der Waals surface area contributed by atoms with Crippen LogP contribution in [0.25, 0.3) is 0 Å². The maximum absolute atomic E-state index is 12.2. The SMILES string of the molecule is CC(C)C(=O)Nc1ccc(CNC(=O)C2(N)CCOCC2)cc1. The monoisotopic (exact) mass is 319 g/mol. The van der Waals surface area contributed by atoms with Crippen molar-refractivity contribution in [3.8, 4) is 0 Å². The summed E-state index contributed by atoms with van der Waals surface area (Å²) in [5, 5.41) is 5.71. The van der Waals surface area contributed by atoms with Crippen LogP contribution in [-0.4, -0.2) is 30.6 Å². The number of nitrogens with one attached hydrogen (secondary N) is 2. The van der Waals surface area contributed by atoms with Crippen molar-refractivity contribution in [2.75, 3.05) is 18.5 Å². The van der Waals surface area contributed by atoms with E-state index in [9.17, 15) is 9.59 Å². The van der Waals surface area contributed by atoms with E-state index in [1.54, 1.807) is 0 Å². The molecule has 0 aliphatic carbocycles. The van der Waals surface area contributed by atoms with Crippen molar-refractivity contribution in [1.82, 2.24) is 5.32 Å². The van der Waals surface area contributed by atoms with Gasteiger partial charge in [-0.25, -0.2) is 0 Å². The summed E-state index contributed by atoms with van der Waals surface area (Å²) in [5.41, 5.74) is 7.01. The minimum atomic E-state index is -0.830. The number of benzene rings is 1. The van der Waals surface area contributed by atoms with Gasteiger partial charge in [-0.1, -0.05) is 26.0 Å². The first-order valence-corrected chi connectivity index (χ1v) is 7.95. The molecule has 1 aromatic carbocycles. The molecule has 1 heterocycles. The Morgan fingerprint density at radius 2 is 1.83 bits per heavy atom. The van der Waals surface area contributed by atoms with E-state index in [0.29, 0.717) is 32.6 Å². The lowest BCUT2D eigenvalue weighted by Crippen LogP contribution is -2.56. The van der Waals surface area contributed by atoms with Crippen molar-refractivity contribution in [2.45, 2.75) is 38.8 Å². The standard InChI is InChI=1S/C17H25N3O3/c1-12(2)15(21)20-14-5-3-13(4-6-14)11-19-16(22)17(18)7-9-23-10-8-17/h3-6,12H,7-11,18H2,1-2H3,(H,19,22)(H,20,21). The molecule has 0 atom stereocenters. The zero-order chi connectivity index (χ0) is 16.9. The molecule has 2 rings (SSSR count). The van der Waals surface area contributed by atoms with Gasteiger partial charge < -0.3 is 21.1 Å². The van der Waals surface area contributed by atoms with Gasteiger partial charge in [-0.05, 0) is 30.5 Å². The van der Waals surface area contributed by atoms with Crippen molar-refractivity contribution in [2.24, 2.45) is 11.7 Å². The number of ether oxygens (including phenoxy) is 1. The molecule has 6 nitrogen and oxygen atoms in total. The smallest absolute Gasteiger partial charge is 0.240 e. The van der Waals surface area contributed by atoms with Crippen LogP contribution in [0.15, 0.2) is 24.3 Å². The van der Waals surface area contributed by atoms with Crippen molar-refractivity contribution in [3.05, 3.63) is 29.8 Å². The molecule has 0 unspecified atom stereocenters. The predicted molar refractivity (Wildman–Crippen MR) is 88.7 cm³/mol. The molecule has 6 heteroatoms. The van der Waals surface area contributed by atoms with Crippen LogP contribution < -0.4 is 16.4 Å². The summed E-state index contributed by atoms with van der Waals surface area (Å²) in [7, 11) is 0. The molecule has 0 radical (unpaired) electrons. The Morgan fingerprint density at radius 1 is 1.22 bits per heavy atom. The number of hydrogen-bond acceptors (Lipinski definition) is 4. The molecule has 1 aromatic rings. The fourth-order valence-electron chi connectivity index (χ4n) is 2.31. The molecule has 4 N–H and O–H groups in total. The highest BCUT2D eigenvalue weighted by Gasteiger charge is 2.35. The van der Waals surface area contributed by atoms with E-state index in [-0.39, 0.29) is 17.7 Å². The topological polar surface area (TPSA) is 93.5 Å². The number of nitrogens with two attached hydrogens (primary N) is 1. The molecular formula is C17H25N3O3. The van der Waals surface area contributed by atoms with Gasteiger partial charge in [0, 0.05) is 31.4 Å². The zero-order valence-electron chi connectivity index (χ0n) is 13.7. The number of carbonyl (C=O) groups is 2. The molecular weight excluding hydrogens is 294 g/mol. The first-order chi connectivity index (χ1) is 10.9. The number of amides is 2. The summed E-state index contributed by atoms with van der Waals surface area (Å²) in [6.07, 6.45) is 1.08. The largest absolute Gasteiger partial charge is 0.381 e. The third kappa shape index (κ3) is 4.77. The lowest BCUT2D eigenvalue weighted by Gasteiger charge is -2.31. The minimum Gasteiger partial charge on any atom is -0.381 e. The van der Waals surface area contributed by atoms with Gasteiger partial charge in [-0.3, -0.25) is 9.59 Å². The molecule has 1 saturated heterocycles. The Morgan fingerprint density at radius 3 is 2.39 bits per heavy atom. The summed E-state index contributed by atoms with van der Waals surface area (Å²) in [5.74, 6) is -0.220. The van der Waals surface area contributed by atoms with Gasteiger partial charge in [0.25, 0.3) is 0 Å². The van der Waals surface area contributed by atoms with Crippen LogP contribution in [0.3, 0.4) is 0 Å². The Balaban J connectivity index is 1.86. The van der Waals surface area contributed by atoms with Crippen LogP contribution in [-0.2, 0) is 20.9 Å². The molecule has 0 bridgehead atoms. The van der Waals surface area contributed by atoms with Crippen molar-refractivity contribution in [1.29, 1.82) is 0 Å². The van der Waals surface area contributed by atoms with Crippen LogP contribution in [0.4, 0.5) is 5.69 Å². The summed E-state index contributed by atoms with van der Waals surface area (Å²) in [4.78, 5) is 23.9. The summed E-state index contributed by atoms with van der Waals surface area (Å²) in [6, 6.07) is 7.41. The molecule has 1 aliphatic rings. The van der Waals surface area contributed by atoms with Gasteiger partial charge >= 0.3 is 0 Å². The average Bonchev–Trinajstić information content (AvgIpc) is 2.54. The Labute approximate surface area is 136 Å². The van der Waals surface area contributed by atoms with E-state index in [1.165, 1.54) is 0 Å². The highest BCUT2D eigenvalue weighted by atomic mass is 16.5. The quantitative estimate of drug-likeness (QED) is 0.765. The third-order valence-corrected chi connectivity index (χ3v) is 4.04. The Hall–Kier alpha value is -1.92. The molecule has 2 amide bonds. The molecule has 126 valence electrons. The lowest BCUT2D eigenvalue weighted by atomic mass is 9.90. The van der Waals surface area contributed by atoms with Crippen LogP contribution >= 0.6 is 0 Å². The maximum atomic E-state index is 12.2. The second kappa shape index (κ2) is 7.57. The number of anilines is 1. The van der Waals surface area contributed by atoms with E-state index >= 15 is 0 Å². The van der Waals surface area contributed by atoms with E-state index in [1.807, 2.05) is 38.1 Å². The fraction of sp³-hybridized carbons (Fsp3) is 0.529. The minimum absolute atomic E-state index is 0.0179. The summed E-state index contributed by atoms with van der Waals surface area (Å²) in [6.45, 7) is 5.15. The molecule has 0 saturated carbocycles. The normalized spacial score (nSPS) is 16.9. The van der Waals surface area contributed by atoms with Crippen molar-refractivity contribution < 1.29 is 14.3 Å². The van der Waals surface area contributed by atoms with E-state index < -0.39 is 5.54 Å². The second-order valence-corrected chi connectivity index (χ2v) is 6.29. The molecule has 0 aromatic heterocycles. The van der Waals surface area contributed by atoms with E-state index in [4.69, 9.17) is 10.5 Å². The Bertz CT molecular complexity index is 549. The van der Waals surface area contributed by atoms with E-state index in [0.717, 1.165) is 11.3 Å². The highest BCUT2D eigenvalue weighted by Crippen LogP contribution is 2.18. The molecule has 1 fully saturated rings. The van der Waals surface area contributed by atoms with Crippen LogP contribution in [0, 0.1) is 5.92 Å². The number of carbonyl (C=O) groups excluding carboxylic acids is 2. The highest BCUT2D eigenvalue weighted by molar-refractivity contribution is 5.92. The van der Waals surface area contributed by atoms with Crippen molar-refractivity contribution >= 4 is 17.5 Å². The second-order valence-electron chi connectivity index (χ2n) is 6.29. The maximum Gasteiger partial charge on any atom is 0.240 e. The first-order valence-electron chi connectivity index (χ1n) is 7.95.